The highest BCUT2D eigenvalue weighted by Crippen LogP contribution is 2.21. The van der Waals surface area contributed by atoms with Gasteiger partial charge in [-0.3, -0.25) is 4.79 Å². The number of carbonyl (C=O) groups is 1. The SMILES string of the molecule is CC.CCCCC1C=CC(C#Cc2ccc(C=O)cc2)=CC1. The number of carbonyl (C=O) groups excluding carboxylic acids is 1. The minimum Gasteiger partial charge on any atom is -0.298 e. The lowest BCUT2D eigenvalue weighted by atomic mass is 9.92. The predicted molar refractivity (Wildman–Crippen MR) is 94.9 cm³/mol. The molecule has 0 bridgehead atoms. The van der Waals surface area contributed by atoms with E-state index in [9.17, 15) is 4.79 Å². The summed E-state index contributed by atoms with van der Waals surface area (Å²) < 4.78 is 0. The molecule has 1 nitrogen and oxygen atoms in total. The maximum atomic E-state index is 10.6. The van der Waals surface area contributed by atoms with E-state index < -0.39 is 0 Å². The third-order valence-corrected chi connectivity index (χ3v) is 3.51. The Morgan fingerprint density at radius 1 is 1.18 bits per heavy atom. The molecule has 0 spiro atoms. The first-order valence-electron chi connectivity index (χ1n) is 8.27. The van der Waals surface area contributed by atoms with Gasteiger partial charge in [-0.1, -0.05) is 75.8 Å². The number of hydrogen-bond donors (Lipinski definition) is 0. The molecule has 1 atom stereocenters. The van der Waals surface area contributed by atoms with Gasteiger partial charge in [0, 0.05) is 16.7 Å². The predicted octanol–water partition coefficient (Wildman–Crippen LogP) is 5.57. The molecule has 22 heavy (non-hydrogen) atoms. The van der Waals surface area contributed by atoms with E-state index in [2.05, 4.69) is 37.0 Å². The number of hydrogen-bond acceptors (Lipinski definition) is 1. The lowest BCUT2D eigenvalue weighted by molar-refractivity contribution is 0.112. The van der Waals surface area contributed by atoms with Crippen LogP contribution in [0.25, 0.3) is 0 Å². The summed E-state index contributed by atoms with van der Waals surface area (Å²) >= 11 is 0. The monoisotopic (exact) mass is 294 g/mol. The summed E-state index contributed by atoms with van der Waals surface area (Å²) in [5, 5.41) is 0. The first kappa shape index (κ1) is 18.0. The maximum Gasteiger partial charge on any atom is 0.150 e. The van der Waals surface area contributed by atoms with Gasteiger partial charge in [-0.25, -0.2) is 0 Å². The average Bonchev–Trinajstić information content (AvgIpc) is 2.61. The molecule has 0 fully saturated rings. The third-order valence-electron chi connectivity index (χ3n) is 3.51. The minimum atomic E-state index is 0.686. The molecule has 0 heterocycles. The lowest BCUT2D eigenvalue weighted by Gasteiger charge is -2.13. The Morgan fingerprint density at radius 2 is 1.91 bits per heavy atom. The summed E-state index contributed by atoms with van der Waals surface area (Å²) in [6.07, 6.45) is 12.4. The molecule has 1 aliphatic carbocycles. The van der Waals surface area contributed by atoms with Crippen molar-refractivity contribution in [1.29, 1.82) is 0 Å². The van der Waals surface area contributed by atoms with E-state index in [4.69, 9.17) is 0 Å². The van der Waals surface area contributed by atoms with Crippen LogP contribution in [0.15, 0.2) is 48.1 Å². The number of allylic oxidation sites excluding steroid dienone is 4. The molecule has 0 radical (unpaired) electrons. The molecule has 116 valence electrons. The topological polar surface area (TPSA) is 17.1 Å². The average molecular weight is 294 g/mol. The van der Waals surface area contributed by atoms with E-state index in [1.54, 1.807) is 12.1 Å². The fourth-order valence-electron chi connectivity index (χ4n) is 2.23. The van der Waals surface area contributed by atoms with Gasteiger partial charge in [-0.05, 0) is 30.9 Å². The molecule has 1 aromatic carbocycles. The molecule has 0 N–H and O–H groups in total. The molecular formula is C21H26O. The molecule has 0 aliphatic heterocycles. The Hall–Kier alpha value is -2.07. The Kier molecular flexibility index (Phi) is 8.69. The molecule has 1 heteroatoms. The van der Waals surface area contributed by atoms with E-state index in [1.807, 2.05) is 26.0 Å². The van der Waals surface area contributed by atoms with Crippen LogP contribution >= 0.6 is 0 Å². The van der Waals surface area contributed by atoms with Crippen LogP contribution in [0, 0.1) is 17.8 Å². The highest BCUT2D eigenvalue weighted by Gasteiger charge is 2.06. The van der Waals surface area contributed by atoms with Crippen LogP contribution < -0.4 is 0 Å². The summed E-state index contributed by atoms with van der Waals surface area (Å²) in [6.45, 7) is 6.23. The molecule has 0 saturated carbocycles. The second kappa shape index (κ2) is 10.6. The number of aldehydes is 1. The molecule has 0 saturated heterocycles. The zero-order valence-electron chi connectivity index (χ0n) is 13.9. The standard InChI is InChI=1S/C19H20O.C2H6/c1-2-3-4-16-5-7-17(8-6-16)9-10-18-11-13-19(15-20)14-12-18;1-2/h5,7-8,11-16H,2-4,6H2,1H3;1-2H3. The Balaban J connectivity index is 0.00000116. The zero-order valence-corrected chi connectivity index (χ0v) is 13.9. The fraction of sp³-hybridized carbons (Fsp3) is 0.381. The Bertz CT molecular complexity index is 564. The van der Waals surface area contributed by atoms with Crippen LogP contribution in [0.3, 0.4) is 0 Å². The van der Waals surface area contributed by atoms with Gasteiger partial charge in [0.2, 0.25) is 0 Å². The van der Waals surface area contributed by atoms with Crippen LogP contribution in [0.4, 0.5) is 0 Å². The Labute approximate surface area is 135 Å². The van der Waals surface area contributed by atoms with Crippen LogP contribution in [0.5, 0.6) is 0 Å². The summed E-state index contributed by atoms with van der Waals surface area (Å²) in [7, 11) is 0. The van der Waals surface area contributed by atoms with Gasteiger partial charge in [-0.15, -0.1) is 0 Å². The first-order chi connectivity index (χ1) is 10.8. The number of benzene rings is 1. The van der Waals surface area contributed by atoms with Crippen molar-refractivity contribution >= 4 is 6.29 Å². The highest BCUT2D eigenvalue weighted by molar-refractivity contribution is 5.74. The molecule has 1 unspecified atom stereocenters. The minimum absolute atomic E-state index is 0.686. The lowest BCUT2D eigenvalue weighted by Crippen LogP contribution is -1.99. The number of rotatable bonds is 4. The van der Waals surface area contributed by atoms with Crippen molar-refractivity contribution in [3.63, 3.8) is 0 Å². The van der Waals surface area contributed by atoms with Crippen molar-refractivity contribution < 1.29 is 4.79 Å². The first-order valence-corrected chi connectivity index (χ1v) is 8.27. The largest absolute Gasteiger partial charge is 0.298 e. The number of unbranched alkanes of at least 4 members (excludes halogenated alkanes) is 1. The van der Waals surface area contributed by atoms with Gasteiger partial charge in [0.05, 0.1) is 0 Å². The molecular weight excluding hydrogens is 268 g/mol. The summed E-state index contributed by atoms with van der Waals surface area (Å²) in [5.74, 6) is 7.01. The third kappa shape index (κ3) is 6.14. The summed E-state index contributed by atoms with van der Waals surface area (Å²) in [6, 6.07) is 7.35. The zero-order chi connectivity index (χ0) is 16.2. The van der Waals surface area contributed by atoms with E-state index in [-0.39, 0.29) is 0 Å². The van der Waals surface area contributed by atoms with E-state index in [0.29, 0.717) is 11.5 Å². The van der Waals surface area contributed by atoms with E-state index in [0.717, 1.165) is 23.8 Å². The molecule has 2 rings (SSSR count). The quantitative estimate of drug-likeness (QED) is 0.524. The fourth-order valence-corrected chi connectivity index (χ4v) is 2.23. The molecule has 1 aromatic rings. The molecule has 1 aliphatic rings. The smallest absolute Gasteiger partial charge is 0.150 e. The normalized spacial score (nSPS) is 15.8. The van der Waals surface area contributed by atoms with Gasteiger partial charge in [0.15, 0.2) is 0 Å². The van der Waals surface area contributed by atoms with Gasteiger partial charge in [0.1, 0.15) is 6.29 Å². The van der Waals surface area contributed by atoms with Crippen LogP contribution in [-0.4, -0.2) is 6.29 Å². The Morgan fingerprint density at radius 3 is 2.45 bits per heavy atom. The van der Waals surface area contributed by atoms with E-state index in [1.165, 1.54) is 19.3 Å². The summed E-state index contributed by atoms with van der Waals surface area (Å²) in [4.78, 5) is 10.6. The molecule has 0 aromatic heterocycles. The van der Waals surface area contributed by atoms with Gasteiger partial charge >= 0.3 is 0 Å². The second-order valence-corrected chi connectivity index (χ2v) is 5.15. The van der Waals surface area contributed by atoms with Crippen LogP contribution in [0.2, 0.25) is 0 Å². The van der Waals surface area contributed by atoms with Crippen molar-refractivity contribution in [3.05, 3.63) is 59.2 Å². The van der Waals surface area contributed by atoms with Crippen molar-refractivity contribution in [1.82, 2.24) is 0 Å². The van der Waals surface area contributed by atoms with Crippen molar-refractivity contribution in [2.45, 2.75) is 46.5 Å². The van der Waals surface area contributed by atoms with Crippen LogP contribution in [-0.2, 0) is 0 Å². The highest BCUT2D eigenvalue weighted by atomic mass is 16.1. The van der Waals surface area contributed by atoms with Gasteiger partial charge in [0.25, 0.3) is 0 Å². The van der Waals surface area contributed by atoms with E-state index >= 15 is 0 Å². The van der Waals surface area contributed by atoms with Crippen molar-refractivity contribution in [2.24, 2.45) is 5.92 Å². The van der Waals surface area contributed by atoms with Gasteiger partial charge < -0.3 is 0 Å². The second-order valence-electron chi connectivity index (χ2n) is 5.15. The van der Waals surface area contributed by atoms with Crippen molar-refractivity contribution in [2.75, 3.05) is 0 Å². The van der Waals surface area contributed by atoms with Crippen molar-refractivity contribution in [3.8, 4) is 11.8 Å². The summed E-state index contributed by atoms with van der Waals surface area (Å²) in [5.41, 5.74) is 2.72. The maximum absolute atomic E-state index is 10.6. The van der Waals surface area contributed by atoms with Crippen LogP contribution in [0.1, 0.15) is 62.4 Å². The molecule has 0 amide bonds. The van der Waals surface area contributed by atoms with Gasteiger partial charge in [-0.2, -0.15) is 0 Å².